The molecule has 26 heavy (non-hydrogen) atoms. The number of thioether (sulfide) groups is 1. The Kier molecular flexibility index (Phi) is 6.27. The van der Waals surface area contributed by atoms with Crippen molar-refractivity contribution in [3.8, 4) is 11.5 Å². The van der Waals surface area contributed by atoms with E-state index in [0.29, 0.717) is 35.3 Å². The van der Waals surface area contributed by atoms with E-state index in [1.807, 2.05) is 25.1 Å². The van der Waals surface area contributed by atoms with Gasteiger partial charge in [0.25, 0.3) is 0 Å². The third-order valence-corrected chi connectivity index (χ3v) is 5.30. The highest BCUT2D eigenvalue weighted by atomic mass is 35.5. The van der Waals surface area contributed by atoms with Crippen LogP contribution in [-0.4, -0.2) is 24.9 Å². The molecule has 2 aromatic carbocycles. The number of carbonyl (C=O) groups excluding carboxylic acids is 1. The average molecular weight is 396 g/mol. The van der Waals surface area contributed by atoms with E-state index in [1.54, 1.807) is 12.1 Å². The predicted octanol–water partition coefficient (Wildman–Crippen LogP) is 4.36. The van der Waals surface area contributed by atoms with Gasteiger partial charge in [0.1, 0.15) is 19.0 Å². The van der Waals surface area contributed by atoms with Gasteiger partial charge in [0.05, 0.1) is 11.8 Å². The number of ether oxygens (including phenoxy) is 2. The summed E-state index contributed by atoms with van der Waals surface area (Å²) in [5.74, 6) is 1.51. The summed E-state index contributed by atoms with van der Waals surface area (Å²) in [5, 5.41) is 3.31. The Morgan fingerprint density at radius 1 is 1.27 bits per heavy atom. The van der Waals surface area contributed by atoms with Crippen molar-refractivity contribution in [2.75, 3.05) is 19.0 Å². The van der Waals surface area contributed by atoms with Gasteiger partial charge in [-0.25, -0.2) is 4.39 Å². The van der Waals surface area contributed by atoms with Gasteiger partial charge in [0.2, 0.25) is 5.91 Å². The van der Waals surface area contributed by atoms with Gasteiger partial charge >= 0.3 is 0 Å². The molecule has 1 amide bonds. The highest BCUT2D eigenvalue weighted by Crippen LogP contribution is 2.32. The lowest BCUT2D eigenvalue weighted by Gasteiger charge is -2.21. The maximum absolute atomic E-state index is 13.7. The molecule has 0 spiro atoms. The van der Waals surface area contributed by atoms with Crippen molar-refractivity contribution in [2.45, 2.75) is 18.7 Å². The molecule has 2 aromatic rings. The van der Waals surface area contributed by atoms with Crippen LogP contribution in [0.5, 0.6) is 11.5 Å². The standard InChI is InChI=1S/C19H19ClFNO3S/c1-12(13-5-6-17-18(9-13)25-8-7-24-17)22-19(23)11-26-10-14-15(20)3-2-4-16(14)21/h2-6,9,12H,7-8,10-11H2,1H3,(H,22,23). The largest absolute Gasteiger partial charge is 0.486 e. The summed E-state index contributed by atoms with van der Waals surface area (Å²) in [7, 11) is 0. The van der Waals surface area contributed by atoms with Crippen LogP contribution >= 0.6 is 23.4 Å². The molecule has 0 saturated carbocycles. The van der Waals surface area contributed by atoms with Crippen molar-refractivity contribution >= 4 is 29.3 Å². The molecule has 138 valence electrons. The zero-order valence-corrected chi connectivity index (χ0v) is 15.8. The van der Waals surface area contributed by atoms with Crippen LogP contribution in [0.2, 0.25) is 5.02 Å². The van der Waals surface area contributed by atoms with Gasteiger partial charge in [-0.1, -0.05) is 23.7 Å². The van der Waals surface area contributed by atoms with Gasteiger partial charge in [0.15, 0.2) is 11.5 Å². The van der Waals surface area contributed by atoms with E-state index in [-0.39, 0.29) is 23.5 Å². The van der Waals surface area contributed by atoms with Crippen molar-refractivity contribution in [1.82, 2.24) is 5.32 Å². The third-order valence-electron chi connectivity index (χ3n) is 3.98. The predicted molar refractivity (Wildman–Crippen MR) is 102 cm³/mol. The fourth-order valence-electron chi connectivity index (χ4n) is 2.61. The molecule has 0 aliphatic carbocycles. The number of hydrogen-bond acceptors (Lipinski definition) is 4. The van der Waals surface area contributed by atoms with Gasteiger partial charge in [-0.2, -0.15) is 0 Å². The van der Waals surface area contributed by atoms with Gasteiger partial charge in [-0.15, -0.1) is 11.8 Å². The summed E-state index contributed by atoms with van der Waals surface area (Å²) in [6.45, 7) is 2.97. The summed E-state index contributed by atoms with van der Waals surface area (Å²) in [4.78, 5) is 12.2. The van der Waals surface area contributed by atoms with Crippen LogP contribution in [0.1, 0.15) is 24.1 Å². The first-order valence-corrected chi connectivity index (χ1v) is 9.77. The first-order chi connectivity index (χ1) is 12.5. The molecule has 1 aliphatic rings. The Labute approximate surface area is 161 Å². The molecule has 1 atom stereocenters. The number of rotatable bonds is 6. The molecule has 0 aromatic heterocycles. The van der Waals surface area contributed by atoms with Crippen LogP contribution in [0.15, 0.2) is 36.4 Å². The lowest BCUT2D eigenvalue weighted by atomic mass is 10.1. The number of amides is 1. The molecule has 1 unspecified atom stereocenters. The van der Waals surface area contributed by atoms with E-state index < -0.39 is 0 Å². The average Bonchev–Trinajstić information content (AvgIpc) is 2.63. The molecule has 0 radical (unpaired) electrons. The number of nitrogens with one attached hydrogen (secondary N) is 1. The zero-order chi connectivity index (χ0) is 18.5. The fraction of sp³-hybridized carbons (Fsp3) is 0.316. The van der Waals surface area contributed by atoms with Crippen LogP contribution in [0, 0.1) is 5.82 Å². The molecule has 0 saturated heterocycles. The monoisotopic (exact) mass is 395 g/mol. The van der Waals surface area contributed by atoms with E-state index in [2.05, 4.69) is 5.32 Å². The van der Waals surface area contributed by atoms with Gasteiger partial charge in [0, 0.05) is 16.3 Å². The Morgan fingerprint density at radius 3 is 2.81 bits per heavy atom. The Hall–Kier alpha value is -1.92. The van der Waals surface area contributed by atoms with E-state index in [1.165, 1.54) is 17.8 Å². The molecule has 1 heterocycles. The van der Waals surface area contributed by atoms with Crippen LogP contribution in [0.4, 0.5) is 4.39 Å². The normalized spacial score (nSPS) is 14.0. The van der Waals surface area contributed by atoms with Crippen molar-refractivity contribution in [1.29, 1.82) is 0 Å². The lowest BCUT2D eigenvalue weighted by molar-refractivity contribution is -0.119. The molecule has 1 N–H and O–H groups in total. The minimum absolute atomic E-state index is 0.121. The number of fused-ring (bicyclic) bond motifs is 1. The lowest BCUT2D eigenvalue weighted by Crippen LogP contribution is -2.28. The smallest absolute Gasteiger partial charge is 0.230 e. The SMILES string of the molecule is CC(NC(=O)CSCc1c(F)cccc1Cl)c1ccc2c(c1)OCCO2. The maximum atomic E-state index is 13.7. The summed E-state index contributed by atoms with van der Waals surface area (Å²) in [6, 6.07) is 10.0. The summed E-state index contributed by atoms with van der Waals surface area (Å²) in [5.41, 5.74) is 1.36. The van der Waals surface area contributed by atoms with Crippen molar-refractivity contribution in [2.24, 2.45) is 0 Å². The highest BCUT2D eigenvalue weighted by Gasteiger charge is 2.16. The van der Waals surface area contributed by atoms with E-state index in [4.69, 9.17) is 21.1 Å². The molecule has 7 heteroatoms. The van der Waals surface area contributed by atoms with Gasteiger partial charge in [-0.05, 0) is 36.8 Å². The van der Waals surface area contributed by atoms with E-state index in [9.17, 15) is 9.18 Å². The maximum Gasteiger partial charge on any atom is 0.230 e. The van der Waals surface area contributed by atoms with Crippen LogP contribution in [0.25, 0.3) is 0 Å². The minimum atomic E-state index is -0.352. The Morgan fingerprint density at radius 2 is 2.04 bits per heavy atom. The number of benzene rings is 2. The Balaban J connectivity index is 1.51. The molecule has 0 bridgehead atoms. The van der Waals surface area contributed by atoms with Crippen LogP contribution in [-0.2, 0) is 10.5 Å². The van der Waals surface area contributed by atoms with Crippen molar-refractivity contribution < 1.29 is 18.7 Å². The molecule has 0 fully saturated rings. The Bertz CT molecular complexity index is 782. The molecule has 1 aliphatic heterocycles. The third kappa shape index (κ3) is 4.62. The first-order valence-electron chi connectivity index (χ1n) is 8.24. The number of halogens is 2. The summed E-state index contributed by atoms with van der Waals surface area (Å²) >= 11 is 7.31. The van der Waals surface area contributed by atoms with Gasteiger partial charge in [-0.3, -0.25) is 4.79 Å². The minimum Gasteiger partial charge on any atom is -0.486 e. The first kappa shape index (κ1) is 18.9. The van der Waals surface area contributed by atoms with Crippen molar-refractivity contribution in [3.05, 3.63) is 58.4 Å². The van der Waals surface area contributed by atoms with E-state index in [0.717, 1.165) is 11.3 Å². The second-order valence-corrected chi connectivity index (χ2v) is 7.28. The molecule has 4 nitrogen and oxygen atoms in total. The summed E-state index contributed by atoms with van der Waals surface area (Å²) < 4.78 is 24.8. The number of carbonyl (C=O) groups is 1. The van der Waals surface area contributed by atoms with Crippen LogP contribution in [0.3, 0.4) is 0 Å². The van der Waals surface area contributed by atoms with Crippen LogP contribution < -0.4 is 14.8 Å². The molecule has 3 rings (SSSR count). The zero-order valence-electron chi connectivity index (χ0n) is 14.3. The highest BCUT2D eigenvalue weighted by molar-refractivity contribution is 7.99. The topological polar surface area (TPSA) is 47.6 Å². The van der Waals surface area contributed by atoms with Crippen molar-refractivity contribution in [3.63, 3.8) is 0 Å². The number of hydrogen-bond donors (Lipinski definition) is 1. The van der Waals surface area contributed by atoms with E-state index >= 15 is 0 Å². The molecular formula is C19H19ClFNO3S. The summed E-state index contributed by atoms with van der Waals surface area (Å²) in [6.07, 6.45) is 0. The molecular weight excluding hydrogens is 377 g/mol. The second kappa shape index (κ2) is 8.64. The quantitative estimate of drug-likeness (QED) is 0.789. The fourth-order valence-corrected chi connectivity index (χ4v) is 3.79. The van der Waals surface area contributed by atoms with Gasteiger partial charge < -0.3 is 14.8 Å². The second-order valence-electron chi connectivity index (χ2n) is 5.89.